The van der Waals surface area contributed by atoms with Gasteiger partial charge < -0.3 is 9.80 Å². The van der Waals surface area contributed by atoms with E-state index < -0.39 is 28.7 Å². The Morgan fingerprint density at radius 3 is 2.36 bits per heavy atom. The quantitative estimate of drug-likeness (QED) is 0.603. The van der Waals surface area contributed by atoms with Gasteiger partial charge in [-0.1, -0.05) is 6.92 Å². The van der Waals surface area contributed by atoms with Crippen molar-refractivity contribution in [3.05, 3.63) is 29.3 Å². The first-order chi connectivity index (χ1) is 15.4. The molecule has 0 spiro atoms. The van der Waals surface area contributed by atoms with Crippen molar-refractivity contribution in [1.29, 1.82) is 5.26 Å². The number of carbonyl (C=O) groups is 2. The third kappa shape index (κ3) is 4.82. The van der Waals surface area contributed by atoms with Crippen LogP contribution in [0.5, 0.6) is 0 Å². The molecular formula is C22H26F3N5O2S. The molecule has 1 aromatic carbocycles. The van der Waals surface area contributed by atoms with Gasteiger partial charge in [-0.3, -0.25) is 19.4 Å². The normalized spacial score (nSPS) is 19.2. The number of rotatable bonds is 5. The Kier molecular flexibility index (Phi) is 7.00. The van der Waals surface area contributed by atoms with Gasteiger partial charge in [0.2, 0.25) is 5.91 Å². The minimum absolute atomic E-state index is 0.0152. The first-order valence-corrected chi connectivity index (χ1v) is 11.1. The van der Waals surface area contributed by atoms with Crippen LogP contribution >= 0.6 is 12.2 Å². The summed E-state index contributed by atoms with van der Waals surface area (Å²) in [6, 6.07) is 4.70. The molecular weight excluding hydrogens is 455 g/mol. The second-order valence-corrected chi connectivity index (χ2v) is 8.91. The summed E-state index contributed by atoms with van der Waals surface area (Å²) in [5, 5.41) is 9.16. The zero-order chi connectivity index (χ0) is 24.6. The lowest BCUT2D eigenvalue weighted by Gasteiger charge is -2.37. The Hall–Kier alpha value is -2.71. The van der Waals surface area contributed by atoms with Crippen LogP contribution in [0.3, 0.4) is 0 Å². The third-order valence-electron chi connectivity index (χ3n) is 6.18. The summed E-state index contributed by atoms with van der Waals surface area (Å²) < 4.78 is 40.3. The van der Waals surface area contributed by atoms with Crippen LogP contribution in [0.2, 0.25) is 0 Å². The van der Waals surface area contributed by atoms with E-state index in [0.29, 0.717) is 45.7 Å². The van der Waals surface area contributed by atoms with E-state index in [1.54, 1.807) is 24.8 Å². The average molecular weight is 482 g/mol. The van der Waals surface area contributed by atoms with E-state index in [4.69, 9.17) is 17.5 Å². The molecule has 33 heavy (non-hydrogen) atoms. The molecule has 0 N–H and O–H groups in total. The molecule has 0 aliphatic carbocycles. The van der Waals surface area contributed by atoms with Gasteiger partial charge in [-0.05, 0) is 44.3 Å². The lowest BCUT2D eigenvalue weighted by atomic mass is 10.0. The molecule has 1 aromatic rings. The number of hydrogen-bond acceptors (Lipinski definition) is 5. The number of anilines is 1. The highest BCUT2D eigenvalue weighted by Gasteiger charge is 2.49. The number of hydrogen-bond donors (Lipinski definition) is 0. The Labute approximate surface area is 196 Å². The number of amides is 2. The fraction of sp³-hybridized carbons (Fsp3) is 0.545. The second kappa shape index (κ2) is 9.27. The minimum Gasteiger partial charge on any atom is -0.340 e. The van der Waals surface area contributed by atoms with Crippen molar-refractivity contribution >= 4 is 34.8 Å². The number of alkyl halides is 3. The number of halogens is 3. The molecule has 3 rings (SSSR count). The zero-order valence-electron chi connectivity index (χ0n) is 18.8. The topological polar surface area (TPSA) is 70.9 Å². The largest absolute Gasteiger partial charge is 0.417 e. The van der Waals surface area contributed by atoms with Crippen molar-refractivity contribution in [3.63, 3.8) is 0 Å². The van der Waals surface area contributed by atoms with Crippen LogP contribution in [-0.2, 0) is 15.8 Å². The van der Waals surface area contributed by atoms with Crippen molar-refractivity contribution < 1.29 is 22.8 Å². The number of piperazine rings is 1. The minimum atomic E-state index is -4.73. The molecule has 2 fully saturated rings. The Bertz CT molecular complexity index is 997. The van der Waals surface area contributed by atoms with Gasteiger partial charge in [0.25, 0.3) is 5.91 Å². The molecule has 2 saturated heterocycles. The lowest BCUT2D eigenvalue weighted by Crippen LogP contribution is -2.52. The van der Waals surface area contributed by atoms with E-state index in [1.807, 2.05) is 11.8 Å². The molecule has 0 saturated carbocycles. The van der Waals surface area contributed by atoms with Gasteiger partial charge in [-0.25, -0.2) is 0 Å². The molecule has 178 valence electrons. The molecule has 0 bridgehead atoms. The lowest BCUT2D eigenvalue weighted by molar-refractivity contribution is -0.138. The maximum atomic E-state index is 13.4. The van der Waals surface area contributed by atoms with E-state index in [1.165, 1.54) is 6.07 Å². The van der Waals surface area contributed by atoms with Crippen LogP contribution in [0.25, 0.3) is 0 Å². The molecule has 2 aliphatic heterocycles. The van der Waals surface area contributed by atoms with Crippen molar-refractivity contribution in [2.45, 2.75) is 38.9 Å². The highest BCUT2D eigenvalue weighted by atomic mass is 32.1. The predicted molar refractivity (Wildman–Crippen MR) is 120 cm³/mol. The molecule has 0 atom stereocenters. The van der Waals surface area contributed by atoms with Crippen molar-refractivity contribution in [2.75, 3.05) is 44.2 Å². The van der Waals surface area contributed by atoms with E-state index in [-0.39, 0.29) is 16.7 Å². The van der Waals surface area contributed by atoms with Crippen LogP contribution in [0.15, 0.2) is 18.2 Å². The molecule has 0 radical (unpaired) electrons. The number of thiocarbonyl (C=S) groups is 1. The van der Waals surface area contributed by atoms with Gasteiger partial charge in [0.1, 0.15) is 5.54 Å². The molecule has 0 unspecified atom stereocenters. The maximum Gasteiger partial charge on any atom is 0.417 e. The highest BCUT2D eigenvalue weighted by molar-refractivity contribution is 7.80. The summed E-state index contributed by atoms with van der Waals surface area (Å²) in [4.78, 5) is 31.9. The molecule has 2 amide bonds. The molecule has 2 heterocycles. The summed E-state index contributed by atoms with van der Waals surface area (Å²) in [6.45, 7) is 8.90. The standard InChI is InChI=1S/C22H26F3N5O2S/c1-4-18(31)28-10-7-27(8-11-28)9-12-29-20(33)30(19(32)21(29,2)3)16-6-5-15(14-26)17(13-16)22(23,24)25/h5-6,13H,4,7-12H2,1-3H3. The third-order valence-corrected chi connectivity index (χ3v) is 6.58. The fourth-order valence-corrected chi connectivity index (χ4v) is 4.64. The van der Waals surface area contributed by atoms with Gasteiger partial charge in [0.05, 0.1) is 22.9 Å². The van der Waals surface area contributed by atoms with Gasteiger partial charge in [-0.2, -0.15) is 18.4 Å². The van der Waals surface area contributed by atoms with Gasteiger partial charge in [0.15, 0.2) is 5.11 Å². The van der Waals surface area contributed by atoms with Crippen LogP contribution < -0.4 is 4.90 Å². The van der Waals surface area contributed by atoms with E-state index >= 15 is 0 Å². The summed E-state index contributed by atoms with van der Waals surface area (Å²) in [6.07, 6.45) is -4.26. The summed E-state index contributed by atoms with van der Waals surface area (Å²) in [5.74, 6) is -0.304. The average Bonchev–Trinajstić information content (AvgIpc) is 2.94. The Balaban J connectivity index is 1.76. The van der Waals surface area contributed by atoms with E-state index in [9.17, 15) is 22.8 Å². The predicted octanol–water partition coefficient (Wildman–Crippen LogP) is 2.84. The van der Waals surface area contributed by atoms with Crippen LogP contribution in [0, 0.1) is 11.3 Å². The second-order valence-electron chi connectivity index (χ2n) is 8.55. The first-order valence-electron chi connectivity index (χ1n) is 10.7. The molecule has 2 aliphatic rings. The monoisotopic (exact) mass is 481 g/mol. The zero-order valence-corrected chi connectivity index (χ0v) is 19.6. The summed E-state index contributed by atoms with van der Waals surface area (Å²) in [5.41, 5.74) is -2.67. The number of carbonyl (C=O) groups excluding carboxylic acids is 2. The van der Waals surface area contributed by atoms with Gasteiger partial charge >= 0.3 is 6.18 Å². The molecule has 0 aromatic heterocycles. The van der Waals surface area contributed by atoms with Crippen LogP contribution in [-0.4, -0.2) is 76.4 Å². The van der Waals surface area contributed by atoms with Crippen molar-refractivity contribution in [1.82, 2.24) is 14.7 Å². The van der Waals surface area contributed by atoms with Gasteiger partial charge in [0, 0.05) is 45.7 Å². The number of nitrogens with zero attached hydrogens (tertiary/aromatic N) is 5. The smallest absolute Gasteiger partial charge is 0.340 e. The Morgan fingerprint density at radius 1 is 1.18 bits per heavy atom. The van der Waals surface area contributed by atoms with E-state index in [2.05, 4.69) is 4.90 Å². The highest BCUT2D eigenvalue weighted by Crippen LogP contribution is 2.37. The van der Waals surface area contributed by atoms with E-state index in [0.717, 1.165) is 17.0 Å². The van der Waals surface area contributed by atoms with Crippen LogP contribution in [0.4, 0.5) is 18.9 Å². The number of nitriles is 1. The molecule has 7 nitrogen and oxygen atoms in total. The number of benzene rings is 1. The first kappa shape index (κ1) is 24.9. The SMILES string of the molecule is CCC(=O)N1CCN(CCN2C(=S)N(c3ccc(C#N)c(C(F)(F)F)c3)C(=O)C2(C)C)CC1. The van der Waals surface area contributed by atoms with Crippen molar-refractivity contribution in [2.24, 2.45) is 0 Å². The molecule has 11 heteroatoms. The summed E-state index contributed by atoms with van der Waals surface area (Å²) >= 11 is 5.52. The van der Waals surface area contributed by atoms with Gasteiger partial charge in [-0.15, -0.1) is 0 Å². The van der Waals surface area contributed by atoms with Crippen LogP contribution in [0.1, 0.15) is 38.3 Å². The maximum absolute atomic E-state index is 13.4. The fourth-order valence-electron chi connectivity index (χ4n) is 4.13. The summed E-state index contributed by atoms with van der Waals surface area (Å²) in [7, 11) is 0. The Morgan fingerprint density at radius 2 is 1.82 bits per heavy atom. The van der Waals surface area contributed by atoms with Crippen molar-refractivity contribution in [3.8, 4) is 6.07 Å².